The SMILES string of the molecule is C=CCC(=O)CC(=O)CCCCCC. The first kappa shape index (κ1) is 13.1. The average molecular weight is 196 g/mol. The fraction of sp³-hybridized carbons (Fsp3) is 0.667. The molecule has 0 aromatic heterocycles. The van der Waals surface area contributed by atoms with E-state index < -0.39 is 0 Å². The summed E-state index contributed by atoms with van der Waals surface area (Å²) < 4.78 is 0. The van der Waals surface area contributed by atoms with Crippen molar-refractivity contribution < 1.29 is 9.59 Å². The lowest BCUT2D eigenvalue weighted by atomic mass is 10.1. The van der Waals surface area contributed by atoms with Gasteiger partial charge in [0.05, 0.1) is 6.42 Å². The Morgan fingerprint density at radius 1 is 1.14 bits per heavy atom. The lowest BCUT2D eigenvalue weighted by Gasteiger charge is -1.99. The molecule has 0 aromatic rings. The van der Waals surface area contributed by atoms with Gasteiger partial charge in [0.25, 0.3) is 0 Å². The van der Waals surface area contributed by atoms with Crippen molar-refractivity contribution in [2.75, 3.05) is 0 Å². The number of rotatable bonds is 9. The van der Waals surface area contributed by atoms with Gasteiger partial charge in [0.1, 0.15) is 11.6 Å². The van der Waals surface area contributed by atoms with E-state index in [1.165, 1.54) is 12.8 Å². The number of carbonyl (C=O) groups excluding carboxylic acids is 2. The summed E-state index contributed by atoms with van der Waals surface area (Å²) in [6, 6.07) is 0. The Hall–Kier alpha value is -0.920. The van der Waals surface area contributed by atoms with Crippen LogP contribution in [0.2, 0.25) is 0 Å². The van der Waals surface area contributed by atoms with E-state index in [0.29, 0.717) is 12.8 Å². The monoisotopic (exact) mass is 196 g/mol. The number of Topliss-reactive ketones (excluding diaryl/α,β-unsaturated/α-hetero) is 2. The van der Waals surface area contributed by atoms with Crippen molar-refractivity contribution in [3.05, 3.63) is 12.7 Å². The molecular weight excluding hydrogens is 176 g/mol. The van der Waals surface area contributed by atoms with Crippen molar-refractivity contribution in [1.29, 1.82) is 0 Å². The molecule has 0 aromatic carbocycles. The first-order valence-corrected chi connectivity index (χ1v) is 5.35. The van der Waals surface area contributed by atoms with Crippen LogP contribution < -0.4 is 0 Å². The molecule has 2 nitrogen and oxygen atoms in total. The van der Waals surface area contributed by atoms with Gasteiger partial charge in [-0.05, 0) is 6.42 Å². The Morgan fingerprint density at radius 3 is 2.43 bits per heavy atom. The normalized spacial score (nSPS) is 9.79. The minimum absolute atomic E-state index is 0.0134. The van der Waals surface area contributed by atoms with Crippen LogP contribution in [0.25, 0.3) is 0 Å². The molecule has 0 saturated heterocycles. The summed E-state index contributed by atoms with van der Waals surface area (Å²) in [5.41, 5.74) is 0. The maximum absolute atomic E-state index is 11.2. The van der Waals surface area contributed by atoms with Crippen LogP contribution in [0, 0.1) is 0 Å². The van der Waals surface area contributed by atoms with Crippen LogP contribution in [-0.2, 0) is 9.59 Å². The standard InChI is InChI=1S/C12H20O2/c1-3-5-6-7-9-12(14)10-11(13)8-4-2/h4H,2-3,5-10H2,1H3. The third kappa shape index (κ3) is 7.71. The summed E-state index contributed by atoms with van der Waals surface area (Å²) in [7, 11) is 0. The molecule has 0 radical (unpaired) electrons. The third-order valence-corrected chi connectivity index (χ3v) is 2.08. The summed E-state index contributed by atoms with van der Waals surface area (Å²) in [5.74, 6) is 0.0634. The third-order valence-electron chi connectivity index (χ3n) is 2.08. The van der Waals surface area contributed by atoms with Gasteiger partial charge in [0, 0.05) is 12.8 Å². The zero-order valence-electron chi connectivity index (χ0n) is 9.05. The van der Waals surface area contributed by atoms with Crippen molar-refractivity contribution in [2.24, 2.45) is 0 Å². The second-order valence-corrected chi connectivity index (χ2v) is 3.56. The van der Waals surface area contributed by atoms with Crippen LogP contribution in [0.4, 0.5) is 0 Å². The molecule has 80 valence electrons. The van der Waals surface area contributed by atoms with Crippen LogP contribution in [0.5, 0.6) is 0 Å². The zero-order chi connectivity index (χ0) is 10.8. The second kappa shape index (κ2) is 8.67. The van der Waals surface area contributed by atoms with E-state index in [2.05, 4.69) is 13.5 Å². The van der Waals surface area contributed by atoms with E-state index in [1.807, 2.05) is 0 Å². The Balaban J connectivity index is 3.45. The van der Waals surface area contributed by atoms with Crippen molar-refractivity contribution in [1.82, 2.24) is 0 Å². The molecule has 0 N–H and O–H groups in total. The molecule has 0 saturated carbocycles. The highest BCUT2D eigenvalue weighted by Crippen LogP contribution is 2.05. The predicted molar refractivity (Wildman–Crippen MR) is 58.2 cm³/mol. The molecule has 14 heavy (non-hydrogen) atoms. The first-order chi connectivity index (χ1) is 6.70. The van der Waals surface area contributed by atoms with Crippen molar-refractivity contribution >= 4 is 11.6 Å². The zero-order valence-corrected chi connectivity index (χ0v) is 9.05. The lowest BCUT2D eigenvalue weighted by molar-refractivity contribution is -0.126. The number of ketones is 2. The van der Waals surface area contributed by atoms with E-state index in [9.17, 15) is 9.59 Å². The molecule has 0 atom stereocenters. The summed E-state index contributed by atoms with van der Waals surface area (Å²) in [6.45, 7) is 5.60. The topological polar surface area (TPSA) is 34.1 Å². The minimum Gasteiger partial charge on any atom is -0.299 e. The first-order valence-electron chi connectivity index (χ1n) is 5.35. The summed E-state index contributed by atoms with van der Waals surface area (Å²) in [6.07, 6.45) is 6.89. The highest BCUT2D eigenvalue weighted by molar-refractivity contribution is 5.99. The van der Waals surface area contributed by atoms with E-state index in [4.69, 9.17) is 0 Å². The highest BCUT2D eigenvalue weighted by Gasteiger charge is 2.07. The molecular formula is C12H20O2. The van der Waals surface area contributed by atoms with Crippen molar-refractivity contribution in [3.8, 4) is 0 Å². The molecule has 0 amide bonds. The van der Waals surface area contributed by atoms with Gasteiger partial charge >= 0.3 is 0 Å². The molecule has 0 aliphatic rings. The summed E-state index contributed by atoms with van der Waals surface area (Å²) >= 11 is 0. The van der Waals surface area contributed by atoms with E-state index in [0.717, 1.165) is 12.8 Å². The number of allylic oxidation sites excluding steroid dienone is 1. The van der Waals surface area contributed by atoms with Gasteiger partial charge in [-0.1, -0.05) is 32.3 Å². The van der Waals surface area contributed by atoms with Crippen LogP contribution in [0.15, 0.2) is 12.7 Å². The Labute approximate surface area is 86.4 Å². The molecule has 0 aliphatic carbocycles. The molecule has 0 rings (SSSR count). The fourth-order valence-corrected chi connectivity index (χ4v) is 1.29. The van der Waals surface area contributed by atoms with Gasteiger partial charge < -0.3 is 0 Å². The average Bonchev–Trinajstić information content (AvgIpc) is 2.13. The van der Waals surface area contributed by atoms with E-state index in [-0.39, 0.29) is 18.0 Å². The number of hydrogen-bond acceptors (Lipinski definition) is 2. The minimum atomic E-state index is -0.0134. The molecule has 0 bridgehead atoms. The van der Waals surface area contributed by atoms with Gasteiger partial charge in [-0.15, -0.1) is 6.58 Å². The van der Waals surface area contributed by atoms with Crippen LogP contribution in [0.3, 0.4) is 0 Å². The maximum Gasteiger partial charge on any atom is 0.143 e. The quantitative estimate of drug-likeness (QED) is 0.322. The molecule has 0 unspecified atom stereocenters. The van der Waals surface area contributed by atoms with Gasteiger partial charge in [-0.3, -0.25) is 9.59 Å². The molecule has 0 fully saturated rings. The van der Waals surface area contributed by atoms with Gasteiger partial charge in [0.2, 0.25) is 0 Å². The fourth-order valence-electron chi connectivity index (χ4n) is 1.29. The predicted octanol–water partition coefficient (Wildman–Crippen LogP) is 3.06. The highest BCUT2D eigenvalue weighted by atomic mass is 16.1. The largest absolute Gasteiger partial charge is 0.299 e. The van der Waals surface area contributed by atoms with E-state index in [1.54, 1.807) is 6.08 Å². The summed E-state index contributed by atoms with van der Waals surface area (Å²) in [5, 5.41) is 0. The smallest absolute Gasteiger partial charge is 0.143 e. The van der Waals surface area contributed by atoms with Crippen molar-refractivity contribution in [2.45, 2.75) is 51.9 Å². The molecule has 0 spiro atoms. The number of carbonyl (C=O) groups is 2. The Bertz CT molecular complexity index is 194. The van der Waals surface area contributed by atoms with Crippen LogP contribution in [-0.4, -0.2) is 11.6 Å². The maximum atomic E-state index is 11.2. The van der Waals surface area contributed by atoms with Crippen LogP contribution in [0.1, 0.15) is 51.9 Å². The number of unbranched alkanes of at least 4 members (excludes halogenated alkanes) is 3. The van der Waals surface area contributed by atoms with Gasteiger partial charge in [-0.25, -0.2) is 0 Å². The van der Waals surface area contributed by atoms with Crippen LogP contribution >= 0.6 is 0 Å². The lowest BCUT2D eigenvalue weighted by Crippen LogP contribution is -2.06. The number of hydrogen-bond donors (Lipinski definition) is 0. The summed E-state index contributed by atoms with van der Waals surface area (Å²) in [4.78, 5) is 22.3. The molecule has 0 aliphatic heterocycles. The van der Waals surface area contributed by atoms with Gasteiger partial charge in [-0.2, -0.15) is 0 Å². The second-order valence-electron chi connectivity index (χ2n) is 3.56. The Morgan fingerprint density at radius 2 is 1.86 bits per heavy atom. The van der Waals surface area contributed by atoms with Gasteiger partial charge in [0.15, 0.2) is 0 Å². The van der Waals surface area contributed by atoms with E-state index >= 15 is 0 Å². The molecule has 0 heterocycles. The van der Waals surface area contributed by atoms with Crippen molar-refractivity contribution in [3.63, 3.8) is 0 Å². The Kier molecular flexibility index (Phi) is 8.10. The molecule has 2 heteroatoms.